The predicted molar refractivity (Wildman–Crippen MR) is 103 cm³/mol. The molecule has 0 unspecified atom stereocenters. The summed E-state index contributed by atoms with van der Waals surface area (Å²) in [5.41, 5.74) is -0.554. The van der Waals surface area contributed by atoms with Crippen LogP contribution >= 0.6 is 0 Å². The highest BCUT2D eigenvalue weighted by atomic mass is 32.2. The van der Waals surface area contributed by atoms with Crippen molar-refractivity contribution in [2.45, 2.75) is 23.9 Å². The van der Waals surface area contributed by atoms with E-state index in [1.807, 2.05) is 0 Å². The highest BCUT2D eigenvalue weighted by molar-refractivity contribution is 7.90. The molecule has 0 bridgehead atoms. The molecule has 0 atom stereocenters. The van der Waals surface area contributed by atoms with Crippen LogP contribution in [0, 0.1) is 5.92 Å². The number of furan rings is 1. The van der Waals surface area contributed by atoms with Gasteiger partial charge in [-0.05, 0) is 37.0 Å². The van der Waals surface area contributed by atoms with Gasteiger partial charge in [0, 0.05) is 36.7 Å². The van der Waals surface area contributed by atoms with Crippen molar-refractivity contribution in [1.82, 2.24) is 4.57 Å². The van der Waals surface area contributed by atoms with Crippen LogP contribution in [0.4, 0.5) is 13.2 Å². The fraction of sp³-hybridized carbons (Fsp3) is 0.350. The molecule has 2 aromatic heterocycles. The number of benzene rings is 1. The highest BCUT2D eigenvalue weighted by Crippen LogP contribution is 2.40. The third kappa shape index (κ3) is 3.83. The van der Waals surface area contributed by atoms with Crippen LogP contribution in [-0.4, -0.2) is 25.8 Å². The van der Waals surface area contributed by atoms with Gasteiger partial charge >= 0.3 is 6.18 Å². The number of pyridine rings is 1. The van der Waals surface area contributed by atoms with Gasteiger partial charge in [-0.2, -0.15) is 13.2 Å². The Morgan fingerprint density at radius 1 is 1.20 bits per heavy atom. The molecule has 1 saturated carbocycles. The molecule has 1 aromatic carbocycles. The molecule has 0 spiro atoms. The van der Waals surface area contributed by atoms with Gasteiger partial charge in [0.1, 0.15) is 11.3 Å². The van der Waals surface area contributed by atoms with Gasteiger partial charge in [-0.15, -0.1) is 0 Å². The Kier molecular flexibility index (Phi) is 4.72. The Bertz CT molecular complexity index is 1300. The van der Waals surface area contributed by atoms with Gasteiger partial charge in [-0.1, -0.05) is 0 Å². The number of aryl methyl sites for hydroxylation is 1. The van der Waals surface area contributed by atoms with Gasteiger partial charge in [0.15, 0.2) is 9.84 Å². The molecule has 0 saturated heterocycles. The van der Waals surface area contributed by atoms with Gasteiger partial charge < -0.3 is 13.7 Å². The van der Waals surface area contributed by atoms with Crippen molar-refractivity contribution in [3.63, 3.8) is 0 Å². The SMILES string of the molecule is Cn1cc(-c2cc(S(C)(=O)=O)ccc2OCC2CC2)c2oc(C(F)(F)F)cc2c1=O. The van der Waals surface area contributed by atoms with Crippen LogP contribution < -0.4 is 10.3 Å². The predicted octanol–water partition coefficient (Wildman–Crippen LogP) is 4.01. The highest BCUT2D eigenvalue weighted by Gasteiger charge is 2.36. The Morgan fingerprint density at radius 2 is 1.90 bits per heavy atom. The molecule has 1 aliphatic carbocycles. The molecule has 0 N–H and O–H groups in total. The van der Waals surface area contributed by atoms with Crippen molar-refractivity contribution in [1.29, 1.82) is 0 Å². The molecule has 4 rings (SSSR count). The molecule has 0 aliphatic heterocycles. The first-order valence-electron chi connectivity index (χ1n) is 9.13. The van der Waals surface area contributed by atoms with Gasteiger partial charge in [-0.25, -0.2) is 8.42 Å². The lowest BCUT2D eigenvalue weighted by molar-refractivity contribution is -0.152. The number of sulfone groups is 1. The number of ether oxygens (including phenoxy) is 1. The van der Waals surface area contributed by atoms with Crippen LogP contribution in [0.2, 0.25) is 0 Å². The number of alkyl halides is 3. The zero-order valence-corrected chi connectivity index (χ0v) is 16.9. The monoisotopic (exact) mass is 441 g/mol. The minimum absolute atomic E-state index is 0.0270. The number of nitrogens with zero attached hydrogens (tertiary/aromatic N) is 1. The average Bonchev–Trinajstić information content (AvgIpc) is 3.36. The van der Waals surface area contributed by atoms with Crippen molar-refractivity contribution < 1.29 is 30.7 Å². The first-order valence-corrected chi connectivity index (χ1v) is 11.0. The quantitative estimate of drug-likeness (QED) is 0.598. The van der Waals surface area contributed by atoms with Crippen LogP contribution in [0.25, 0.3) is 22.1 Å². The van der Waals surface area contributed by atoms with E-state index in [9.17, 15) is 26.4 Å². The first-order chi connectivity index (χ1) is 13.9. The van der Waals surface area contributed by atoms with Crippen molar-refractivity contribution in [2.24, 2.45) is 13.0 Å². The maximum Gasteiger partial charge on any atom is 0.449 e. The minimum Gasteiger partial charge on any atom is -0.493 e. The summed E-state index contributed by atoms with van der Waals surface area (Å²) in [7, 11) is -2.19. The Balaban J connectivity index is 1.98. The number of hydrogen-bond acceptors (Lipinski definition) is 5. The average molecular weight is 441 g/mol. The van der Waals surface area contributed by atoms with Crippen LogP contribution in [-0.2, 0) is 23.1 Å². The first kappa shape index (κ1) is 20.5. The molecule has 3 aromatic rings. The summed E-state index contributed by atoms with van der Waals surface area (Å²) in [5, 5.41) is -0.250. The molecule has 0 amide bonds. The molecular weight excluding hydrogens is 423 g/mol. The van der Waals surface area contributed by atoms with E-state index in [-0.39, 0.29) is 27.0 Å². The molecule has 10 heteroatoms. The number of rotatable bonds is 5. The van der Waals surface area contributed by atoms with Gasteiger partial charge in [0.05, 0.1) is 16.9 Å². The maximum absolute atomic E-state index is 13.2. The standard InChI is InChI=1S/C20H18F3NO5S/c1-24-9-15(18-14(19(24)25)8-17(29-18)20(21,22)23)13-7-12(30(2,26)27)5-6-16(13)28-10-11-3-4-11/h5-9,11H,3-4,10H2,1-2H3. The number of aromatic nitrogens is 1. The second kappa shape index (κ2) is 6.90. The molecule has 30 heavy (non-hydrogen) atoms. The van der Waals surface area contributed by atoms with E-state index in [1.165, 1.54) is 31.4 Å². The molecular formula is C20H18F3NO5S. The summed E-state index contributed by atoms with van der Waals surface area (Å²) >= 11 is 0. The van der Waals surface area contributed by atoms with E-state index in [0.717, 1.165) is 23.7 Å². The Hall–Kier alpha value is -2.75. The zero-order valence-electron chi connectivity index (χ0n) is 16.1. The van der Waals surface area contributed by atoms with E-state index >= 15 is 0 Å². The van der Waals surface area contributed by atoms with Crippen molar-refractivity contribution in [2.75, 3.05) is 12.9 Å². The van der Waals surface area contributed by atoms with E-state index in [2.05, 4.69) is 0 Å². The van der Waals surface area contributed by atoms with Gasteiger partial charge in [0.25, 0.3) is 5.56 Å². The second-order valence-electron chi connectivity index (χ2n) is 7.49. The summed E-state index contributed by atoms with van der Waals surface area (Å²) in [6, 6.07) is 4.83. The lowest BCUT2D eigenvalue weighted by Gasteiger charge is -2.14. The summed E-state index contributed by atoms with van der Waals surface area (Å²) in [4.78, 5) is 12.4. The van der Waals surface area contributed by atoms with E-state index in [4.69, 9.17) is 9.15 Å². The largest absolute Gasteiger partial charge is 0.493 e. The van der Waals surface area contributed by atoms with E-state index < -0.39 is 27.3 Å². The molecule has 160 valence electrons. The van der Waals surface area contributed by atoms with Crippen molar-refractivity contribution in [3.8, 4) is 16.9 Å². The molecule has 1 fully saturated rings. The van der Waals surface area contributed by atoms with Crippen LogP contribution in [0.3, 0.4) is 0 Å². The lowest BCUT2D eigenvalue weighted by atomic mass is 10.0. The summed E-state index contributed by atoms with van der Waals surface area (Å²) < 4.78 is 75.7. The summed E-state index contributed by atoms with van der Waals surface area (Å²) in [6.45, 7) is 0.409. The number of fused-ring (bicyclic) bond motifs is 1. The smallest absolute Gasteiger partial charge is 0.449 e. The number of hydrogen-bond donors (Lipinski definition) is 0. The van der Waals surface area contributed by atoms with Crippen molar-refractivity contribution in [3.05, 3.63) is 46.6 Å². The lowest BCUT2D eigenvalue weighted by Crippen LogP contribution is -2.16. The van der Waals surface area contributed by atoms with Crippen LogP contribution in [0.1, 0.15) is 18.6 Å². The third-order valence-corrected chi connectivity index (χ3v) is 6.08. The van der Waals surface area contributed by atoms with E-state index in [0.29, 0.717) is 24.3 Å². The topological polar surface area (TPSA) is 78.5 Å². The second-order valence-corrected chi connectivity index (χ2v) is 9.51. The number of halogens is 3. The Morgan fingerprint density at radius 3 is 2.50 bits per heavy atom. The van der Waals surface area contributed by atoms with Crippen molar-refractivity contribution >= 4 is 20.8 Å². The zero-order chi connectivity index (χ0) is 21.8. The normalized spacial score (nSPS) is 15.0. The summed E-state index contributed by atoms with van der Waals surface area (Å²) in [6.07, 6.45) is -0.384. The van der Waals surface area contributed by atoms with Crippen LogP contribution in [0.15, 0.2) is 44.6 Å². The fourth-order valence-electron chi connectivity index (χ4n) is 3.15. The molecule has 0 radical (unpaired) electrons. The third-order valence-electron chi connectivity index (χ3n) is 4.97. The minimum atomic E-state index is -4.78. The maximum atomic E-state index is 13.2. The molecule has 1 aliphatic rings. The molecule has 6 nitrogen and oxygen atoms in total. The molecule has 2 heterocycles. The van der Waals surface area contributed by atoms with Gasteiger partial charge in [0.2, 0.25) is 5.76 Å². The fourth-order valence-corrected chi connectivity index (χ4v) is 3.80. The van der Waals surface area contributed by atoms with Gasteiger partial charge in [-0.3, -0.25) is 4.79 Å². The van der Waals surface area contributed by atoms with Crippen LogP contribution in [0.5, 0.6) is 5.75 Å². The summed E-state index contributed by atoms with van der Waals surface area (Å²) in [5.74, 6) is -0.603. The Labute approximate surface area is 169 Å². The van der Waals surface area contributed by atoms with E-state index in [1.54, 1.807) is 0 Å².